The van der Waals surface area contributed by atoms with Crippen LogP contribution in [0.5, 0.6) is 0 Å². The molecule has 14 heavy (non-hydrogen) atoms. The summed E-state index contributed by atoms with van der Waals surface area (Å²) in [5.74, 6) is 0. The number of nitrogens with one attached hydrogen (secondary N) is 2. The summed E-state index contributed by atoms with van der Waals surface area (Å²) in [4.78, 5) is 26.4. The fourth-order valence-corrected chi connectivity index (χ4v) is 0.888. The summed E-state index contributed by atoms with van der Waals surface area (Å²) in [5, 5.41) is 0. The normalized spacial score (nSPS) is 10.4. The van der Waals surface area contributed by atoms with Crippen molar-refractivity contribution in [1.82, 2.24) is 9.97 Å². The van der Waals surface area contributed by atoms with Gasteiger partial charge in [0.2, 0.25) is 0 Å². The van der Waals surface area contributed by atoms with E-state index in [2.05, 4.69) is 9.97 Å². The summed E-state index contributed by atoms with van der Waals surface area (Å²) in [7, 11) is 0. The standard InChI is InChI=1S/C10H12N2O2/c1-7(2)4-3-5-8-6-11-10(14)12-9(8)13/h3-6H,1-2H3,(H2,11,12,13,14)/b5-3+. The molecule has 0 spiro atoms. The Bertz CT molecular complexity index is 473. The van der Waals surface area contributed by atoms with Gasteiger partial charge in [-0.15, -0.1) is 0 Å². The van der Waals surface area contributed by atoms with E-state index < -0.39 is 5.69 Å². The van der Waals surface area contributed by atoms with Crippen molar-refractivity contribution in [3.8, 4) is 0 Å². The zero-order chi connectivity index (χ0) is 10.6. The van der Waals surface area contributed by atoms with Gasteiger partial charge in [0.1, 0.15) is 0 Å². The molecule has 0 aliphatic carbocycles. The third kappa shape index (κ3) is 2.90. The number of allylic oxidation sites excluding steroid dienone is 3. The van der Waals surface area contributed by atoms with E-state index in [0.717, 1.165) is 5.57 Å². The van der Waals surface area contributed by atoms with E-state index in [4.69, 9.17) is 0 Å². The molecule has 1 rings (SSSR count). The van der Waals surface area contributed by atoms with Gasteiger partial charge >= 0.3 is 5.69 Å². The number of aromatic amines is 2. The maximum absolute atomic E-state index is 11.2. The van der Waals surface area contributed by atoms with Gasteiger partial charge in [-0.05, 0) is 19.9 Å². The smallest absolute Gasteiger partial charge is 0.314 e. The fraction of sp³-hybridized carbons (Fsp3) is 0.200. The molecule has 2 N–H and O–H groups in total. The molecule has 0 aliphatic rings. The molecule has 1 aromatic rings. The Hall–Kier alpha value is -1.84. The van der Waals surface area contributed by atoms with Gasteiger partial charge in [0.05, 0.1) is 5.56 Å². The first-order chi connectivity index (χ1) is 6.59. The molecule has 0 atom stereocenters. The highest BCUT2D eigenvalue weighted by Crippen LogP contribution is 1.93. The maximum Gasteiger partial charge on any atom is 0.325 e. The molecule has 0 saturated heterocycles. The Morgan fingerprint density at radius 3 is 2.64 bits per heavy atom. The summed E-state index contributed by atoms with van der Waals surface area (Å²) in [6, 6.07) is 0. The Labute approximate surface area is 81.0 Å². The summed E-state index contributed by atoms with van der Waals surface area (Å²) < 4.78 is 0. The van der Waals surface area contributed by atoms with Crippen molar-refractivity contribution in [2.45, 2.75) is 13.8 Å². The lowest BCUT2D eigenvalue weighted by atomic mass is 10.2. The van der Waals surface area contributed by atoms with E-state index in [0.29, 0.717) is 5.56 Å². The van der Waals surface area contributed by atoms with Crippen molar-refractivity contribution in [2.75, 3.05) is 0 Å². The second kappa shape index (κ2) is 4.41. The number of H-pyrrole nitrogens is 2. The molecule has 0 amide bonds. The van der Waals surface area contributed by atoms with Gasteiger partial charge in [0.15, 0.2) is 0 Å². The Morgan fingerprint density at radius 1 is 1.36 bits per heavy atom. The summed E-state index contributed by atoms with van der Waals surface area (Å²) in [6.07, 6.45) is 6.67. The maximum atomic E-state index is 11.2. The van der Waals surface area contributed by atoms with Crippen LogP contribution in [0.1, 0.15) is 19.4 Å². The van der Waals surface area contributed by atoms with Gasteiger partial charge in [-0.1, -0.05) is 17.7 Å². The van der Waals surface area contributed by atoms with Crippen molar-refractivity contribution >= 4 is 6.08 Å². The van der Waals surface area contributed by atoms with Crippen molar-refractivity contribution in [3.05, 3.63) is 50.3 Å². The minimum absolute atomic E-state index is 0.382. The minimum Gasteiger partial charge on any atom is -0.314 e. The lowest BCUT2D eigenvalue weighted by Gasteiger charge is -1.89. The predicted octanol–water partition coefficient (Wildman–Crippen LogP) is 1.04. The van der Waals surface area contributed by atoms with Crippen molar-refractivity contribution < 1.29 is 0 Å². The van der Waals surface area contributed by atoms with Gasteiger partial charge in [-0.3, -0.25) is 9.78 Å². The predicted molar refractivity (Wildman–Crippen MR) is 56.1 cm³/mol. The second-order valence-electron chi connectivity index (χ2n) is 3.13. The molecule has 0 radical (unpaired) electrons. The number of rotatable bonds is 2. The molecular formula is C10H12N2O2. The first-order valence-corrected chi connectivity index (χ1v) is 4.23. The van der Waals surface area contributed by atoms with E-state index in [9.17, 15) is 9.59 Å². The SMILES string of the molecule is CC(C)=C/C=C/c1c[nH]c(=O)[nH]c1=O. The lowest BCUT2D eigenvalue weighted by molar-refractivity contribution is 1.03. The second-order valence-corrected chi connectivity index (χ2v) is 3.13. The van der Waals surface area contributed by atoms with Crippen molar-refractivity contribution in [3.63, 3.8) is 0 Å². The highest BCUT2D eigenvalue weighted by molar-refractivity contribution is 5.48. The van der Waals surface area contributed by atoms with Crippen LogP contribution in [0.25, 0.3) is 6.08 Å². The molecule has 0 saturated carbocycles. The topological polar surface area (TPSA) is 65.7 Å². The van der Waals surface area contributed by atoms with E-state index in [1.807, 2.05) is 19.9 Å². The lowest BCUT2D eigenvalue weighted by Crippen LogP contribution is -2.22. The molecule has 4 heteroatoms. The first kappa shape index (κ1) is 10.2. The quantitative estimate of drug-likeness (QED) is 0.687. The number of hydrogen-bond acceptors (Lipinski definition) is 2. The minimum atomic E-state index is -0.491. The molecule has 74 valence electrons. The fourth-order valence-electron chi connectivity index (χ4n) is 0.888. The zero-order valence-corrected chi connectivity index (χ0v) is 8.13. The monoisotopic (exact) mass is 192 g/mol. The van der Waals surface area contributed by atoms with Crippen LogP contribution in [0.15, 0.2) is 33.5 Å². The first-order valence-electron chi connectivity index (χ1n) is 4.23. The van der Waals surface area contributed by atoms with Crippen LogP contribution >= 0.6 is 0 Å². The average Bonchev–Trinajstić information content (AvgIpc) is 2.08. The molecule has 4 nitrogen and oxygen atoms in total. The third-order valence-electron chi connectivity index (χ3n) is 1.55. The molecule has 0 bridgehead atoms. The van der Waals surface area contributed by atoms with Crippen LogP contribution in [0.2, 0.25) is 0 Å². The number of hydrogen-bond donors (Lipinski definition) is 2. The largest absolute Gasteiger partial charge is 0.325 e. The van der Waals surface area contributed by atoms with Crippen LogP contribution in [0, 0.1) is 0 Å². The summed E-state index contributed by atoms with van der Waals surface area (Å²) >= 11 is 0. The number of aromatic nitrogens is 2. The highest BCUT2D eigenvalue weighted by atomic mass is 16.2. The highest BCUT2D eigenvalue weighted by Gasteiger charge is 1.93. The molecule has 1 aromatic heterocycles. The third-order valence-corrected chi connectivity index (χ3v) is 1.55. The van der Waals surface area contributed by atoms with Crippen LogP contribution < -0.4 is 11.2 Å². The van der Waals surface area contributed by atoms with Gasteiger partial charge in [-0.25, -0.2) is 4.79 Å². The molecule has 0 aromatic carbocycles. The van der Waals surface area contributed by atoms with E-state index in [1.54, 1.807) is 12.2 Å². The van der Waals surface area contributed by atoms with Gasteiger partial charge in [0.25, 0.3) is 5.56 Å². The Kier molecular flexibility index (Phi) is 3.23. The van der Waals surface area contributed by atoms with Crippen LogP contribution in [-0.4, -0.2) is 9.97 Å². The Morgan fingerprint density at radius 2 is 2.07 bits per heavy atom. The van der Waals surface area contributed by atoms with Crippen molar-refractivity contribution in [2.24, 2.45) is 0 Å². The van der Waals surface area contributed by atoms with Crippen LogP contribution in [0.4, 0.5) is 0 Å². The summed E-state index contributed by atoms with van der Waals surface area (Å²) in [6.45, 7) is 3.92. The van der Waals surface area contributed by atoms with Gasteiger partial charge in [-0.2, -0.15) is 0 Å². The van der Waals surface area contributed by atoms with Gasteiger partial charge in [0, 0.05) is 6.20 Å². The Balaban J connectivity index is 2.99. The van der Waals surface area contributed by atoms with Crippen LogP contribution in [0.3, 0.4) is 0 Å². The molecule has 0 unspecified atom stereocenters. The zero-order valence-electron chi connectivity index (χ0n) is 8.13. The van der Waals surface area contributed by atoms with Crippen molar-refractivity contribution in [1.29, 1.82) is 0 Å². The molecular weight excluding hydrogens is 180 g/mol. The van der Waals surface area contributed by atoms with E-state index >= 15 is 0 Å². The van der Waals surface area contributed by atoms with E-state index in [-0.39, 0.29) is 5.56 Å². The van der Waals surface area contributed by atoms with E-state index in [1.165, 1.54) is 6.20 Å². The van der Waals surface area contributed by atoms with Crippen LogP contribution in [-0.2, 0) is 0 Å². The summed E-state index contributed by atoms with van der Waals surface area (Å²) in [5.41, 5.74) is 0.700. The molecule has 1 heterocycles. The average molecular weight is 192 g/mol. The van der Waals surface area contributed by atoms with Gasteiger partial charge < -0.3 is 4.98 Å². The molecule has 0 aliphatic heterocycles. The molecule has 0 fully saturated rings.